The summed E-state index contributed by atoms with van der Waals surface area (Å²) in [6, 6.07) is 15.5. The van der Waals surface area contributed by atoms with E-state index in [1.54, 1.807) is 14.2 Å². The van der Waals surface area contributed by atoms with Gasteiger partial charge in [0.1, 0.15) is 11.5 Å². The maximum atomic E-state index is 10.5. The van der Waals surface area contributed by atoms with Crippen LogP contribution in [-0.4, -0.2) is 39.0 Å². The van der Waals surface area contributed by atoms with Gasteiger partial charge in [-0.15, -0.1) is 0 Å². The molecule has 0 spiro atoms. The quantitative estimate of drug-likeness (QED) is 0.657. The summed E-state index contributed by atoms with van der Waals surface area (Å²) in [4.78, 5) is 0. The molecule has 0 heterocycles. The molecule has 130 valence electrons. The second-order valence-electron chi connectivity index (χ2n) is 5.60. The van der Waals surface area contributed by atoms with Crippen molar-refractivity contribution in [2.45, 2.75) is 18.7 Å². The molecule has 2 rings (SSSR count). The Hall–Kier alpha value is -2.08. The van der Waals surface area contributed by atoms with Gasteiger partial charge < -0.3 is 25.2 Å². The summed E-state index contributed by atoms with van der Waals surface area (Å²) in [5.74, 6) is 1.64. The highest BCUT2D eigenvalue weighted by Gasteiger charge is 2.20. The predicted molar refractivity (Wildman–Crippen MR) is 95.5 cm³/mol. The van der Waals surface area contributed by atoms with Crippen LogP contribution in [0.1, 0.15) is 17.2 Å². The molecule has 3 N–H and O–H groups in total. The van der Waals surface area contributed by atoms with Gasteiger partial charge in [0.15, 0.2) is 0 Å². The SMILES string of the molecule is CNCC(O)C(NCc1ccc(OC)cc1)c1ccc(OC)cc1. The summed E-state index contributed by atoms with van der Waals surface area (Å²) in [6.45, 7) is 1.16. The van der Waals surface area contributed by atoms with Gasteiger partial charge in [-0.25, -0.2) is 0 Å². The number of aliphatic hydroxyl groups excluding tert-OH is 1. The fourth-order valence-corrected chi connectivity index (χ4v) is 2.59. The van der Waals surface area contributed by atoms with Crippen LogP contribution in [-0.2, 0) is 6.54 Å². The first kappa shape index (κ1) is 18.3. The molecule has 0 saturated carbocycles. The molecular formula is C19H26N2O3. The normalized spacial score (nSPS) is 13.3. The van der Waals surface area contributed by atoms with Crippen molar-refractivity contribution in [1.29, 1.82) is 0 Å². The molecule has 0 aromatic heterocycles. The van der Waals surface area contributed by atoms with E-state index >= 15 is 0 Å². The number of hydrogen-bond donors (Lipinski definition) is 3. The Labute approximate surface area is 143 Å². The predicted octanol–water partition coefficient (Wildman–Crippen LogP) is 2.11. The van der Waals surface area contributed by atoms with Crippen molar-refractivity contribution in [3.8, 4) is 11.5 Å². The second kappa shape index (κ2) is 9.27. The first-order valence-electron chi connectivity index (χ1n) is 8.01. The van der Waals surface area contributed by atoms with Crippen molar-refractivity contribution in [1.82, 2.24) is 10.6 Å². The van der Waals surface area contributed by atoms with Gasteiger partial charge in [0.2, 0.25) is 0 Å². The Balaban J connectivity index is 2.09. The lowest BCUT2D eigenvalue weighted by Crippen LogP contribution is -2.37. The Morgan fingerprint density at radius 2 is 1.46 bits per heavy atom. The fourth-order valence-electron chi connectivity index (χ4n) is 2.59. The van der Waals surface area contributed by atoms with Crippen molar-refractivity contribution in [2.75, 3.05) is 27.8 Å². The number of benzene rings is 2. The van der Waals surface area contributed by atoms with Crippen LogP contribution in [0.3, 0.4) is 0 Å². The Bertz CT molecular complexity index is 599. The molecule has 0 aliphatic rings. The smallest absolute Gasteiger partial charge is 0.118 e. The number of methoxy groups -OCH3 is 2. The van der Waals surface area contributed by atoms with Crippen LogP contribution in [0.5, 0.6) is 11.5 Å². The minimum atomic E-state index is -0.540. The highest BCUT2D eigenvalue weighted by molar-refractivity contribution is 5.30. The van der Waals surface area contributed by atoms with Crippen molar-refractivity contribution in [2.24, 2.45) is 0 Å². The van der Waals surface area contributed by atoms with E-state index in [2.05, 4.69) is 10.6 Å². The zero-order chi connectivity index (χ0) is 17.4. The highest BCUT2D eigenvalue weighted by Crippen LogP contribution is 2.21. The van der Waals surface area contributed by atoms with Gasteiger partial charge >= 0.3 is 0 Å². The third-order valence-electron chi connectivity index (χ3n) is 3.96. The van der Waals surface area contributed by atoms with Crippen molar-refractivity contribution < 1.29 is 14.6 Å². The third kappa shape index (κ3) is 4.96. The van der Waals surface area contributed by atoms with Crippen molar-refractivity contribution in [3.63, 3.8) is 0 Å². The van der Waals surface area contributed by atoms with E-state index in [1.807, 2.05) is 55.6 Å². The van der Waals surface area contributed by atoms with E-state index in [0.29, 0.717) is 13.1 Å². The van der Waals surface area contributed by atoms with Gasteiger partial charge in [0.25, 0.3) is 0 Å². The van der Waals surface area contributed by atoms with Gasteiger partial charge in [-0.3, -0.25) is 0 Å². The maximum absolute atomic E-state index is 10.5. The Kier molecular flexibility index (Phi) is 7.06. The second-order valence-corrected chi connectivity index (χ2v) is 5.60. The van der Waals surface area contributed by atoms with Crippen LogP contribution in [0, 0.1) is 0 Å². The summed E-state index contributed by atoms with van der Waals surface area (Å²) in [5, 5.41) is 16.9. The number of nitrogens with one attached hydrogen (secondary N) is 2. The number of rotatable bonds is 9. The molecule has 0 amide bonds. The summed E-state index contributed by atoms with van der Waals surface area (Å²) in [5.41, 5.74) is 2.15. The molecule has 0 fully saturated rings. The largest absolute Gasteiger partial charge is 0.497 e. The van der Waals surface area contributed by atoms with Crippen LogP contribution in [0.15, 0.2) is 48.5 Å². The van der Waals surface area contributed by atoms with Crippen LogP contribution in [0.25, 0.3) is 0 Å². The van der Waals surface area contributed by atoms with Crippen molar-refractivity contribution in [3.05, 3.63) is 59.7 Å². The molecule has 0 radical (unpaired) electrons. The van der Waals surface area contributed by atoms with Crippen LogP contribution < -0.4 is 20.1 Å². The zero-order valence-electron chi connectivity index (χ0n) is 14.5. The van der Waals surface area contributed by atoms with Crippen LogP contribution in [0.4, 0.5) is 0 Å². The molecule has 2 aromatic rings. The maximum Gasteiger partial charge on any atom is 0.118 e. The molecule has 0 aliphatic carbocycles. The molecule has 2 atom stereocenters. The van der Waals surface area contributed by atoms with Gasteiger partial charge in [-0.2, -0.15) is 0 Å². The van der Waals surface area contributed by atoms with Crippen LogP contribution >= 0.6 is 0 Å². The van der Waals surface area contributed by atoms with Crippen LogP contribution in [0.2, 0.25) is 0 Å². The van der Waals surface area contributed by atoms with E-state index < -0.39 is 6.10 Å². The lowest BCUT2D eigenvalue weighted by Gasteiger charge is -2.25. The summed E-state index contributed by atoms with van der Waals surface area (Å²) in [6.07, 6.45) is -0.540. The lowest BCUT2D eigenvalue weighted by atomic mass is 10.0. The number of aliphatic hydroxyl groups is 1. The summed E-state index contributed by atoms with van der Waals surface area (Å²) < 4.78 is 10.4. The van der Waals surface area contributed by atoms with Gasteiger partial charge in [0, 0.05) is 13.1 Å². The fraction of sp³-hybridized carbons (Fsp3) is 0.368. The molecule has 2 aromatic carbocycles. The number of ether oxygens (including phenoxy) is 2. The molecular weight excluding hydrogens is 304 g/mol. The molecule has 0 saturated heterocycles. The minimum absolute atomic E-state index is 0.176. The van der Waals surface area contributed by atoms with Gasteiger partial charge in [-0.1, -0.05) is 24.3 Å². The summed E-state index contributed by atoms with van der Waals surface area (Å²) >= 11 is 0. The minimum Gasteiger partial charge on any atom is -0.497 e. The topological polar surface area (TPSA) is 62.8 Å². The number of likely N-dealkylation sites (N-methyl/N-ethyl adjacent to an activating group) is 1. The van der Waals surface area contributed by atoms with Gasteiger partial charge in [0.05, 0.1) is 26.4 Å². The molecule has 2 unspecified atom stereocenters. The first-order chi connectivity index (χ1) is 11.7. The Morgan fingerprint density at radius 3 is 1.96 bits per heavy atom. The molecule has 24 heavy (non-hydrogen) atoms. The molecule has 5 nitrogen and oxygen atoms in total. The van der Waals surface area contributed by atoms with Gasteiger partial charge in [-0.05, 0) is 42.4 Å². The first-order valence-corrected chi connectivity index (χ1v) is 8.01. The molecule has 0 aliphatic heterocycles. The molecule has 0 bridgehead atoms. The highest BCUT2D eigenvalue weighted by atomic mass is 16.5. The van der Waals surface area contributed by atoms with E-state index in [0.717, 1.165) is 22.6 Å². The molecule has 5 heteroatoms. The van der Waals surface area contributed by atoms with E-state index in [4.69, 9.17) is 9.47 Å². The monoisotopic (exact) mass is 330 g/mol. The zero-order valence-corrected chi connectivity index (χ0v) is 14.5. The summed E-state index contributed by atoms with van der Waals surface area (Å²) in [7, 11) is 5.13. The lowest BCUT2D eigenvalue weighted by molar-refractivity contribution is 0.127. The van der Waals surface area contributed by atoms with E-state index in [1.165, 1.54) is 0 Å². The van der Waals surface area contributed by atoms with Crippen molar-refractivity contribution >= 4 is 0 Å². The average Bonchev–Trinajstić information content (AvgIpc) is 2.63. The van der Waals surface area contributed by atoms with E-state index in [-0.39, 0.29) is 6.04 Å². The standard InChI is InChI=1S/C19H26N2O3/c1-20-13-18(22)19(15-6-10-17(24-3)11-7-15)21-12-14-4-8-16(23-2)9-5-14/h4-11,18-22H,12-13H2,1-3H3. The third-order valence-corrected chi connectivity index (χ3v) is 3.96. The van der Waals surface area contributed by atoms with E-state index in [9.17, 15) is 5.11 Å². The average molecular weight is 330 g/mol. The number of hydrogen-bond acceptors (Lipinski definition) is 5. The Morgan fingerprint density at radius 1 is 0.917 bits per heavy atom.